The number of nitro benzene ring substituents is 1. The fourth-order valence-electron chi connectivity index (χ4n) is 3.36. The van der Waals surface area contributed by atoms with Gasteiger partial charge in [-0.25, -0.2) is 0 Å². The number of ketones is 1. The number of benzene rings is 1. The molecule has 0 aliphatic heterocycles. The minimum absolute atomic E-state index is 0.118. The second kappa shape index (κ2) is 15.5. The van der Waals surface area contributed by atoms with Gasteiger partial charge in [-0.05, 0) is 18.6 Å². The molecule has 1 amide bonds. The van der Waals surface area contributed by atoms with Crippen LogP contribution in [0.3, 0.4) is 0 Å². The van der Waals surface area contributed by atoms with Crippen LogP contribution in [0.1, 0.15) is 94.3 Å². The largest absolute Gasteiger partial charge is 0.394 e. The number of nitro groups is 1. The topological polar surface area (TPSA) is 110 Å². The number of hydrogen-bond acceptors (Lipinski definition) is 5. The fraction of sp³-hybridized carbons (Fsp3) is 0.652. The first-order chi connectivity index (χ1) is 14.5. The lowest BCUT2D eigenvalue weighted by molar-refractivity contribution is -0.384. The fourth-order valence-corrected chi connectivity index (χ4v) is 3.36. The van der Waals surface area contributed by atoms with Crippen LogP contribution in [0.2, 0.25) is 0 Å². The Morgan fingerprint density at radius 2 is 1.43 bits per heavy atom. The molecule has 0 fully saturated rings. The molecule has 0 aromatic heterocycles. The van der Waals surface area contributed by atoms with E-state index in [1.54, 1.807) is 0 Å². The van der Waals surface area contributed by atoms with Gasteiger partial charge in [-0.3, -0.25) is 19.7 Å². The van der Waals surface area contributed by atoms with Crippen LogP contribution >= 0.6 is 0 Å². The van der Waals surface area contributed by atoms with E-state index in [-0.39, 0.29) is 17.2 Å². The Hall–Kier alpha value is -2.28. The van der Waals surface area contributed by atoms with Gasteiger partial charge in [-0.2, -0.15) is 0 Å². The minimum atomic E-state index is -1.04. The Morgan fingerprint density at radius 3 is 1.90 bits per heavy atom. The average molecular weight is 421 g/mol. The molecule has 0 aliphatic carbocycles. The maximum Gasteiger partial charge on any atom is 0.269 e. The SMILES string of the molecule is CCCCCCCCCCCCCC(=O)N[C@H](CO)C(=O)c1ccc([N+](=O)[O-])cc1. The molecule has 7 nitrogen and oxygen atoms in total. The Balaban J connectivity index is 2.21. The van der Waals surface area contributed by atoms with Crippen LogP contribution in [0.15, 0.2) is 24.3 Å². The lowest BCUT2D eigenvalue weighted by atomic mass is 10.0. The first-order valence-electron chi connectivity index (χ1n) is 11.2. The number of rotatable bonds is 17. The first-order valence-corrected chi connectivity index (χ1v) is 11.2. The number of hydrogen-bond donors (Lipinski definition) is 2. The van der Waals surface area contributed by atoms with Gasteiger partial charge in [0.05, 0.1) is 11.5 Å². The van der Waals surface area contributed by atoms with Gasteiger partial charge in [0.1, 0.15) is 6.04 Å². The van der Waals surface area contributed by atoms with Crippen molar-refractivity contribution < 1.29 is 19.6 Å². The van der Waals surface area contributed by atoms with Crippen LogP contribution in [-0.4, -0.2) is 34.4 Å². The average Bonchev–Trinajstić information content (AvgIpc) is 2.75. The van der Waals surface area contributed by atoms with Crippen molar-refractivity contribution in [3.05, 3.63) is 39.9 Å². The standard InChI is InChI=1S/C23H36N2O5/c1-2-3-4-5-6-7-8-9-10-11-12-13-22(27)24-21(18-26)23(28)19-14-16-20(17-15-19)25(29)30/h14-17,21,26H,2-13,18H2,1H3,(H,24,27)/t21-/m1/s1. The molecule has 2 N–H and O–H groups in total. The molecule has 0 spiro atoms. The summed E-state index contributed by atoms with van der Waals surface area (Å²) in [5, 5.41) is 22.7. The zero-order chi connectivity index (χ0) is 22.2. The van der Waals surface area contributed by atoms with Crippen molar-refractivity contribution in [2.24, 2.45) is 0 Å². The van der Waals surface area contributed by atoms with E-state index in [1.807, 2.05) is 0 Å². The van der Waals surface area contributed by atoms with Gasteiger partial charge in [0.25, 0.3) is 5.69 Å². The molecule has 7 heteroatoms. The number of aliphatic hydroxyl groups excluding tert-OH is 1. The lowest BCUT2D eigenvalue weighted by Crippen LogP contribution is -2.43. The number of amides is 1. The third kappa shape index (κ3) is 10.5. The summed E-state index contributed by atoms with van der Waals surface area (Å²) < 4.78 is 0. The van der Waals surface area contributed by atoms with Crippen LogP contribution in [0.4, 0.5) is 5.69 Å². The van der Waals surface area contributed by atoms with Crippen molar-refractivity contribution >= 4 is 17.4 Å². The summed E-state index contributed by atoms with van der Waals surface area (Å²) in [5.74, 6) is -0.722. The van der Waals surface area contributed by atoms with Gasteiger partial charge in [0.2, 0.25) is 5.91 Å². The van der Waals surface area contributed by atoms with Gasteiger partial charge in [0.15, 0.2) is 5.78 Å². The number of Topliss-reactive ketones (excluding diaryl/α,β-unsaturated/α-hetero) is 1. The highest BCUT2D eigenvalue weighted by atomic mass is 16.6. The van der Waals surface area contributed by atoms with Gasteiger partial charge in [0, 0.05) is 24.1 Å². The molecular formula is C23H36N2O5. The highest BCUT2D eigenvalue weighted by Crippen LogP contribution is 2.14. The lowest BCUT2D eigenvalue weighted by Gasteiger charge is -2.15. The monoisotopic (exact) mass is 420 g/mol. The summed E-state index contributed by atoms with van der Waals surface area (Å²) in [4.78, 5) is 34.6. The van der Waals surface area contributed by atoms with Gasteiger partial charge in [-0.15, -0.1) is 0 Å². The van der Waals surface area contributed by atoms with E-state index in [9.17, 15) is 24.8 Å². The number of aliphatic hydroxyl groups is 1. The number of carbonyl (C=O) groups excluding carboxylic acids is 2. The van der Waals surface area contributed by atoms with E-state index in [2.05, 4.69) is 12.2 Å². The van der Waals surface area contributed by atoms with E-state index in [0.717, 1.165) is 19.3 Å². The quantitative estimate of drug-likeness (QED) is 0.160. The zero-order valence-electron chi connectivity index (χ0n) is 18.1. The molecule has 1 aromatic rings. The van der Waals surface area contributed by atoms with Crippen LogP contribution in [0.5, 0.6) is 0 Å². The van der Waals surface area contributed by atoms with Crippen LogP contribution in [-0.2, 0) is 4.79 Å². The van der Waals surface area contributed by atoms with Crippen LogP contribution < -0.4 is 5.32 Å². The Labute approximate surface area is 179 Å². The molecule has 0 saturated carbocycles. The molecule has 0 unspecified atom stereocenters. The maximum absolute atomic E-state index is 12.4. The summed E-state index contributed by atoms with van der Waals surface area (Å²) in [5.41, 5.74) is 0.0993. The molecule has 0 bridgehead atoms. The van der Waals surface area contributed by atoms with E-state index in [0.29, 0.717) is 6.42 Å². The number of nitrogens with zero attached hydrogens (tertiary/aromatic N) is 1. The molecule has 168 valence electrons. The van der Waals surface area contributed by atoms with Crippen LogP contribution in [0.25, 0.3) is 0 Å². The predicted octanol–water partition coefficient (Wildman–Crippen LogP) is 4.96. The molecule has 0 heterocycles. The molecule has 30 heavy (non-hydrogen) atoms. The number of unbranched alkanes of at least 4 members (excludes halogenated alkanes) is 10. The zero-order valence-corrected chi connectivity index (χ0v) is 18.1. The Kier molecular flexibility index (Phi) is 13.3. The third-order valence-corrected chi connectivity index (χ3v) is 5.20. The van der Waals surface area contributed by atoms with E-state index in [1.165, 1.54) is 75.6 Å². The number of non-ortho nitro benzene ring substituents is 1. The van der Waals surface area contributed by atoms with Crippen molar-refractivity contribution in [1.29, 1.82) is 0 Å². The van der Waals surface area contributed by atoms with Crippen molar-refractivity contribution in [2.75, 3.05) is 6.61 Å². The second-order valence-electron chi connectivity index (χ2n) is 7.76. The second-order valence-corrected chi connectivity index (χ2v) is 7.76. The number of carbonyl (C=O) groups is 2. The summed E-state index contributed by atoms with van der Waals surface area (Å²) in [6.45, 7) is 1.71. The smallest absolute Gasteiger partial charge is 0.269 e. The van der Waals surface area contributed by atoms with Gasteiger partial charge in [-0.1, -0.05) is 71.1 Å². The van der Waals surface area contributed by atoms with E-state index >= 15 is 0 Å². The molecule has 1 aromatic carbocycles. The normalized spacial score (nSPS) is 11.8. The van der Waals surface area contributed by atoms with Crippen LogP contribution in [0, 0.1) is 10.1 Å². The Bertz CT molecular complexity index is 645. The summed E-state index contributed by atoms with van der Waals surface area (Å²) in [6, 6.07) is 4.09. The highest BCUT2D eigenvalue weighted by molar-refractivity contribution is 6.02. The summed E-state index contributed by atoms with van der Waals surface area (Å²) >= 11 is 0. The van der Waals surface area contributed by atoms with Crippen molar-refractivity contribution in [1.82, 2.24) is 5.32 Å². The van der Waals surface area contributed by atoms with Gasteiger partial charge >= 0.3 is 0 Å². The van der Waals surface area contributed by atoms with Crippen molar-refractivity contribution in [2.45, 2.75) is 90.0 Å². The first kappa shape index (κ1) is 25.8. The maximum atomic E-state index is 12.4. The van der Waals surface area contributed by atoms with E-state index in [4.69, 9.17) is 0 Å². The van der Waals surface area contributed by atoms with E-state index < -0.39 is 23.4 Å². The van der Waals surface area contributed by atoms with Crippen molar-refractivity contribution in [3.63, 3.8) is 0 Å². The molecule has 0 radical (unpaired) electrons. The molecule has 0 saturated heterocycles. The minimum Gasteiger partial charge on any atom is -0.394 e. The highest BCUT2D eigenvalue weighted by Gasteiger charge is 2.21. The van der Waals surface area contributed by atoms with Crippen molar-refractivity contribution in [3.8, 4) is 0 Å². The summed E-state index contributed by atoms with van der Waals surface area (Å²) in [7, 11) is 0. The Morgan fingerprint density at radius 1 is 0.933 bits per heavy atom. The summed E-state index contributed by atoms with van der Waals surface area (Å²) in [6.07, 6.45) is 13.5. The molecule has 0 aliphatic rings. The predicted molar refractivity (Wildman–Crippen MR) is 118 cm³/mol. The molecule has 1 rings (SSSR count). The van der Waals surface area contributed by atoms with Gasteiger partial charge < -0.3 is 10.4 Å². The number of nitrogens with one attached hydrogen (secondary N) is 1. The third-order valence-electron chi connectivity index (χ3n) is 5.20. The molecular weight excluding hydrogens is 384 g/mol. The molecule has 1 atom stereocenters.